The predicted octanol–water partition coefficient (Wildman–Crippen LogP) is 5.38. The first-order valence-corrected chi connectivity index (χ1v) is 11.3. The van der Waals surface area contributed by atoms with Crippen LogP contribution in [0.15, 0.2) is 47.2 Å². The Morgan fingerprint density at radius 2 is 2.07 bits per heavy atom. The van der Waals surface area contributed by atoms with Crippen molar-refractivity contribution >= 4 is 45.9 Å². The molecule has 2 N–H and O–H groups in total. The van der Waals surface area contributed by atoms with Crippen LogP contribution in [0, 0.1) is 4.77 Å². The molecule has 0 spiro atoms. The number of hydrogen-bond acceptors (Lipinski definition) is 6. The van der Waals surface area contributed by atoms with Crippen molar-refractivity contribution in [2.24, 2.45) is 0 Å². The van der Waals surface area contributed by atoms with Gasteiger partial charge in [0.25, 0.3) is 0 Å². The molecule has 0 aliphatic heterocycles. The molecule has 0 bridgehead atoms. The fraction of sp³-hybridized carbons (Fsp3) is 0.200. The SMILES string of the molecule is CCc1ccc(-c2csc(NC(=O)CCn3c(-c4cccs4)n[nH]c3=S)n2)cc1. The summed E-state index contributed by atoms with van der Waals surface area (Å²) in [6, 6.07) is 12.3. The molecule has 0 fully saturated rings. The lowest BCUT2D eigenvalue weighted by molar-refractivity contribution is -0.116. The van der Waals surface area contributed by atoms with Crippen molar-refractivity contribution in [3.05, 3.63) is 57.5 Å². The molecule has 3 aromatic heterocycles. The second-order valence-corrected chi connectivity index (χ2v) is 8.56. The van der Waals surface area contributed by atoms with Crippen molar-refractivity contribution in [3.63, 3.8) is 0 Å². The maximum absolute atomic E-state index is 12.4. The molecule has 6 nitrogen and oxygen atoms in total. The number of amides is 1. The predicted molar refractivity (Wildman–Crippen MR) is 121 cm³/mol. The first-order valence-electron chi connectivity index (χ1n) is 9.18. The molecular formula is C20H19N5OS3. The maximum atomic E-state index is 12.4. The standard InChI is InChI=1S/C20H19N5OS3/c1-2-13-5-7-14(8-6-13)15-12-29-19(21-15)22-17(26)9-10-25-18(23-24-20(25)27)16-4-3-11-28-16/h3-8,11-12H,2,9-10H2,1H3,(H,24,27)(H,21,22,26). The summed E-state index contributed by atoms with van der Waals surface area (Å²) in [7, 11) is 0. The average molecular weight is 442 g/mol. The lowest BCUT2D eigenvalue weighted by Crippen LogP contribution is -2.14. The van der Waals surface area contributed by atoms with Gasteiger partial charge in [0.1, 0.15) is 0 Å². The van der Waals surface area contributed by atoms with Crippen molar-refractivity contribution in [1.82, 2.24) is 19.7 Å². The lowest BCUT2D eigenvalue weighted by Gasteiger charge is -2.05. The fourth-order valence-corrected chi connectivity index (χ4v) is 4.57. The normalized spacial score (nSPS) is 10.9. The molecule has 0 saturated heterocycles. The number of thiazole rings is 1. The summed E-state index contributed by atoms with van der Waals surface area (Å²) in [6.45, 7) is 2.58. The number of benzene rings is 1. The van der Waals surface area contributed by atoms with Crippen LogP contribution in [0.1, 0.15) is 18.9 Å². The Bertz CT molecular complexity index is 1160. The van der Waals surface area contributed by atoms with Gasteiger partial charge in [0.05, 0.1) is 10.6 Å². The van der Waals surface area contributed by atoms with Crippen LogP contribution in [-0.2, 0) is 17.8 Å². The van der Waals surface area contributed by atoms with E-state index < -0.39 is 0 Å². The minimum absolute atomic E-state index is 0.104. The first-order chi connectivity index (χ1) is 14.1. The van der Waals surface area contributed by atoms with Crippen LogP contribution in [-0.4, -0.2) is 25.7 Å². The van der Waals surface area contributed by atoms with Gasteiger partial charge in [-0.15, -0.1) is 22.7 Å². The van der Waals surface area contributed by atoms with Gasteiger partial charge in [0, 0.05) is 23.9 Å². The van der Waals surface area contributed by atoms with Crippen LogP contribution in [0.5, 0.6) is 0 Å². The average Bonchev–Trinajstić information content (AvgIpc) is 3.48. The Hall–Kier alpha value is -2.62. The lowest BCUT2D eigenvalue weighted by atomic mass is 10.1. The molecular weight excluding hydrogens is 422 g/mol. The number of nitrogens with zero attached hydrogens (tertiary/aromatic N) is 3. The number of carbonyl (C=O) groups is 1. The van der Waals surface area contributed by atoms with Crippen LogP contribution < -0.4 is 5.32 Å². The Morgan fingerprint density at radius 1 is 1.24 bits per heavy atom. The smallest absolute Gasteiger partial charge is 0.227 e. The quantitative estimate of drug-likeness (QED) is 0.377. The van der Waals surface area contributed by atoms with E-state index in [4.69, 9.17) is 12.2 Å². The molecule has 148 valence electrons. The number of aromatic nitrogens is 4. The second kappa shape index (κ2) is 8.81. The monoisotopic (exact) mass is 441 g/mol. The highest BCUT2D eigenvalue weighted by Crippen LogP contribution is 2.26. The van der Waals surface area contributed by atoms with E-state index in [0.717, 1.165) is 28.4 Å². The molecule has 0 aliphatic rings. The number of anilines is 1. The van der Waals surface area contributed by atoms with E-state index in [9.17, 15) is 4.79 Å². The molecule has 0 unspecified atom stereocenters. The number of rotatable bonds is 7. The zero-order valence-corrected chi connectivity index (χ0v) is 18.2. The number of aromatic amines is 1. The molecule has 4 rings (SSSR count). The topological polar surface area (TPSA) is 75.6 Å². The molecule has 0 radical (unpaired) electrons. The second-order valence-electron chi connectivity index (χ2n) is 6.37. The van der Waals surface area contributed by atoms with Crippen LogP contribution in [0.25, 0.3) is 22.0 Å². The summed E-state index contributed by atoms with van der Waals surface area (Å²) >= 11 is 8.32. The fourth-order valence-electron chi connectivity index (χ4n) is 2.89. The van der Waals surface area contributed by atoms with Crippen molar-refractivity contribution in [2.45, 2.75) is 26.3 Å². The minimum Gasteiger partial charge on any atom is -0.302 e. The van der Waals surface area contributed by atoms with Crippen LogP contribution >= 0.6 is 34.9 Å². The van der Waals surface area contributed by atoms with Gasteiger partial charge in [0.15, 0.2) is 15.7 Å². The van der Waals surface area contributed by atoms with Crippen LogP contribution in [0.4, 0.5) is 5.13 Å². The Morgan fingerprint density at radius 3 is 2.79 bits per heavy atom. The summed E-state index contributed by atoms with van der Waals surface area (Å²) in [5.74, 6) is 0.650. The molecule has 4 aromatic rings. The third-order valence-corrected chi connectivity index (χ3v) is 6.41. The minimum atomic E-state index is -0.104. The summed E-state index contributed by atoms with van der Waals surface area (Å²) in [5.41, 5.74) is 3.20. The van der Waals surface area contributed by atoms with Gasteiger partial charge in [-0.3, -0.25) is 14.5 Å². The van der Waals surface area contributed by atoms with E-state index in [2.05, 4.69) is 51.7 Å². The number of nitrogens with one attached hydrogen (secondary N) is 2. The van der Waals surface area contributed by atoms with Crippen LogP contribution in [0.3, 0.4) is 0 Å². The Kier molecular flexibility index (Phi) is 5.98. The van der Waals surface area contributed by atoms with Crippen LogP contribution in [0.2, 0.25) is 0 Å². The summed E-state index contributed by atoms with van der Waals surface area (Å²) in [6.07, 6.45) is 1.29. The molecule has 1 amide bonds. The number of hydrogen-bond donors (Lipinski definition) is 2. The van der Waals surface area contributed by atoms with Crippen molar-refractivity contribution in [1.29, 1.82) is 0 Å². The highest BCUT2D eigenvalue weighted by molar-refractivity contribution is 7.71. The third kappa shape index (κ3) is 4.52. The van der Waals surface area contributed by atoms with Gasteiger partial charge >= 0.3 is 0 Å². The Labute approximate surface area is 181 Å². The van der Waals surface area contributed by atoms with Gasteiger partial charge in [-0.25, -0.2) is 4.98 Å². The molecule has 0 atom stereocenters. The van der Waals surface area contributed by atoms with Gasteiger partial charge in [-0.2, -0.15) is 5.10 Å². The molecule has 0 saturated carbocycles. The first kappa shape index (κ1) is 19.7. The van der Waals surface area contributed by atoms with Gasteiger partial charge in [0.2, 0.25) is 5.91 Å². The zero-order valence-electron chi connectivity index (χ0n) is 15.7. The molecule has 9 heteroatoms. The van der Waals surface area contributed by atoms with Gasteiger partial charge in [-0.05, 0) is 35.6 Å². The molecule has 1 aromatic carbocycles. The van der Waals surface area contributed by atoms with Crippen molar-refractivity contribution < 1.29 is 4.79 Å². The number of thiophene rings is 1. The maximum Gasteiger partial charge on any atom is 0.227 e. The largest absolute Gasteiger partial charge is 0.302 e. The number of carbonyl (C=O) groups excluding carboxylic acids is 1. The molecule has 3 heterocycles. The summed E-state index contributed by atoms with van der Waals surface area (Å²) in [5, 5.41) is 14.5. The van der Waals surface area contributed by atoms with Gasteiger partial charge < -0.3 is 5.32 Å². The number of aryl methyl sites for hydroxylation is 1. The Balaban J connectivity index is 1.39. The third-order valence-electron chi connectivity index (χ3n) is 4.47. The van der Waals surface area contributed by atoms with Crippen molar-refractivity contribution in [2.75, 3.05) is 5.32 Å². The van der Waals surface area contributed by atoms with E-state index in [0.29, 0.717) is 16.4 Å². The van der Waals surface area contributed by atoms with E-state index >= 15 is 0 Å². The van der Waals surface area contributed by atoms with Crippen molar-refractivity contribution in [3.8, 4) is 22.0 Å². The highest BCUT2D eigenvalue weighted by atomic mass is 32.1. The van der Waals surface area contributed by atoms with E-state index in [1.54, 1.807) is 11.3 Å². The highest BCUT2D eigenvalue weighted by Gasteiger charge is 2.13. The molecule has 29 heavy (non-hydrogen) atoms. The van der Waals surface area contributed by atoms with E-state index in [1.165, 1.54) is 16.9 Å². The van der Waals surface area contributed by atoms with Gasteiger partial charge in [-0.1, -0.05) is 37.3 Å². The molecule has 0 aliphatic carbocycles. The van der Waals surface area contributed by atoms with E-state index in [-0.39, 0.29) is 12.3 Å². The zero-order chi connectivity index (χ0) is 20.2. The summed E-state index contributed by atoms with van der Waals surface area (Å²) < 4.78 is 2.36. The summed E-state index contributed by atoms with van der Waals surface area (Å²) in [4.78, 5) is 18.0. The number of H-pyrrole nitrogens is 1. The van der Waals surface area contributed by atoms with E-state index in [1.807, 2.05) is 27.5 Å².